The van der Waals surface area contributed by atoms with Crippen molar-refractivity contribution in [3.8, 4) is 0 Å². The summed E-state index contributed by atoms with van der Waals surface area (Å²) >= 11 is 7.33. The summed E-state index contributed by atoms with van der Waals surface area (Å²) < 4.78 is 5.21. The highest BCUT2D eigenvalue weighted by Crippen LogP contribution is 2.30. The Morgan fingerprint density at radius 1 is 1.20 bits per heavy atom. The van der Waals surface area contributed by atoms with E-state index in [0.717, 1.165) is 34.8 Å². The van der Waals surface area contributed by atoms with Gasteiger partial charge in [-0.2, -0.15) is 0 Å². The Morgan fingerprint density at radius 3 is 2.66 bits per heavy atom. The lowest BCUT2D eigenvalue weighted by molar-refractivity contribution is -0.116. The zero-order chi connectivity index (χ0) is 25.2. The maximum atomic E-state index is 12.6. The molecule has 3 heterocycles. The van der Waals surface area contributed by atoms with Gasteiger partial charge in [0, 0.05) is 37.4 Å². The Bertz CT molecular complexity index is 1210. The molecule has 4 rings (SSSR count). The number of fused-ring (bicyclic) bond motifs is 1. The first-order valence-corrected chi connectivity index (χ1v) is 12.6. The number of thiazole rings is 1. The molecule has 1 fully saturated rings. The van der Waals surface area contributed by atoms with Crippen molar-refractivity contribution in [3.05, 3.63) is 41.4 Å². The molecule has 1 aliphatic rings. The lowest BCUT2D eigenvalue weighted by atomic mass is 10.2. The molecule has 0 aliphatic carbocycles. The van der Waals surface area contributed by atoms with Crippen LogP contribution in [-0.4, -0.2) is 65.2 Å². The minimum absolute atomic E-state index is 0.0809. The number of rotatable bonds is 8. The van der Waals surface area contributed by atoms with Gasteiger partial charge < -0.3 is 20.3 Å². The van der Waals surface area contributed by atoms with Crippen LogP contribution in [0.1, 0.15) is 27.2 Å². The summed E-state index contributed by atoms with van der Waals surface area (Å²) in [4.78, 5) is 38.3. The minimum atomic E-state index is -0.516. The number of anilines is 3. The maximum Gasteiger partial charge on any atom is 0.407 e. The number of carbonyl (C=O) groups excluding carboxylic acids is 2. The van der Waals surface area contributed by atoms with Gasteiger partial charge >= 0.3 is 6.09 Å². The SMILES string of the molecule is CN(c1ccc(Cl)cc1)c1ccc2nc(NC(=O)C3CN3CCCNC(=O)OC(C)(C)C)sc2n1. The number of hydrogen-bond donors (Lipinski definition) is 2. The highest BCUT2D eigenvalue weighted by Gasteiger charge is 2.40. The van der Waals surface area contributed by atoms with Crippen molar-refractivity contribution in [2.75, 3.05) is 36.9 Å². The molecule has 0 bridgehead atoms. The third-order valence-electron chi connectivity index (χ3n) is 5.34. The van der Waals surface area contributed by atoms with Crippen LogP contribution < -0.4 is 15.5 Å². The fraction of sp³-hybridized carbons (Fsp3) is 0.417. The van der Waals surface area contributed by atoms with Crippen molar-refractivity contribution in [2.45, 2.75) is 38.8 Å². The number of nitrogens with one attached hydrogen (secondary N) is 2. The number of alkyl carbamates (subject to hydrolysis) is 1. The Balaban J connectivity index is 1.26. The molecule has 35 heavy (non-hydrogen) atoms. The summed E-state index contributed by atoms with van der Waals surface area (Å²) in [5.74, 6) is 0.692. The van der Waals surface area contributed by atoms with E-state index in [4.69, 9.17) is 21.3 Å². The predicted octanol–water partition coefficient (Wildman–Crippen LogP) is 4.65. The van der Waals surface area contributed by atoms with Gasteiger partial charge in [-0.1, -0.05) is 22.9 Å². The van der Waals surface area contributed by atoms with Gasteiger partial charge in [-0.25, -0.2) is 14.8 Å². The van der Waals surface area contributed by atoms with Gasteiger partial charge in [-0.05, 0) is 63.6 Å². The third kappa shape index (κ3) is 6.81. The molecule has 186 valence electrons. The first-order chi connectivity index (χ1) is 16.6. The fourth-order valence-electron chi connectivity index (χ4n) is 3.49. The molecule has 1 aromatic carbocycles. The van der Waals surface area contributed by atoms with Crippen LogP contribution in [0.15, 0.2) is 36.4 Å². The highest BCUT2D eigenvalue weighted by atomic mass is 35.5. The average Bonchev–Trinajstić information content (AvgIpc) is 3.46. The maximum absolute atomic E-state index is 12.6. The van der Waals surface area contributed by atoms with Gasteiger partial charge in [0.05, 0.1) is 0 Å². The smallest absolute Gasteiger partial charge is 0.407 e. The van der Waals surface area contributed by atoms with Crippen LogP contribution in [0.5, 0.6) is 0 Å². The summed E-state index contributed by atoms with van der Waals surface area (Å²) in [5.41, 5.74) is 1.19. The molecule has 2 aromatic heterocycles. The number of nitrogens with zero attached hydrogens (tertiary/aromatic N) is 4. The quantitative estimate of drug-likeness (QED) is 0.332. The van der Waals surface area contributed by atoms with Gasteiger partial charge in [0.1, 0.15) is 27.8 Å². The molecular formula is C24H29ClN6O3S. The van der Waals surface area contributed by atoms with E-state index >= 15 is 0 Å². The number of pyridine rings is 1. The van der Waals surface area contributed by atoms with Crippen LogP contribution in [0.25, 0.3) is 10.3 Å². The fourth-order valence-corrected chi connectivity index (χ4v) is 4.45. The average molecular weight is 517 g/mol. The molecule has 0 spiro atoms. The van der Waals surface area contributed by atoms with Crippen molar-refractivity contribution in [2.24, 2.45) is 0 Å². The monoisotopic (exact) mass is 516 g/mol. The van der Waals surface area contributed by atoms with E-state index in [0.29, 0.717) is 23.2 Å². The molecule has 2 amide bonds. The van der Waals surface area contributed by atoms with Crippen LogP contribution in [-0.2, 0) is 9.53 Å². The molecule has 1 aliphatic heterocycles. The molecule has 2 N–H and O–H groups in total. The molecular weight excluding hydrogens is 488 g/mol. The molecule has 9 nitrogen and oxygen atoms in total. The summed E-state index contributed by atoms with van der Waals surface area (Å²) in [7, 11) is 1.94. The van der Waals surface area contributed by atoms with E-state index in [2.05, 4.69) is 20.5 Å². The summed E-state index contributed by atoms with van der Waals surface area (Å²) in [6.45, 7) is 7.38. The van der Waals surface area contributed by atoms with E-state index in [1.165, 1.54) is 11.3 Å². The zero-order valence-corrected chi connectivity index (χ0v) is 21.7. The Kier molecular flexibility index (Phi) is 7.44. The number of amides is 2. The van der Waals surface area contributed by atoms with Crippen LogP contribution >= 0.6 is 22.9 Å². The van der Waals surface area contributed by atoms with Crippen molar-refractivity contribution in [3.63, 3.8) is 0 Å². The summed E-state index contributed by atoms with van der Waals surface area (Å²) in [5, 5.41) is 6.86. The summed E-state index contributed by atoms with van der Waals surface area (Å²) in [6, 6.07) is 11.2. The van der Waals surface area contributed by atoms with E-state index in [9.17, 15) is 9.59 Å². The number of hydrogen-bond acceptors (Lipinski definition) is 8. The Labute approximate surface area is 213 Å². The Hall–Kier alpha value is -2.95. The van der Waals surface area contributed by atoms with E-state index in [-0.39, 0.29) is 11.9 Å². The van der Waals surface area contributed by atoms with Crippen LogP contribution in [0.4, 0.5) is 21.4 Å². The van der Waals surface area contributed by atoms with E-state index in [1.807, 2.05) is 69.1 Å². The molecule has 1 saturated heterocycles. The highest BCUT2D eigenvalue weighted by molar-refractivity contribution is 7.22. The van der Waals surface area contributed by atoms with E-state index < -0.39 is 11.7 Å². The van der Waals surface area contributed by atoms with Gasteiger partial charge in [-0.15, -0.1) is 0 Å². The predicted molar refractivity (Wildman–Crippen MR) is 140 cm³/mol. The van der Waals surface area contributed by atoms with Gasteiger partial charge in [-0.3, -0.25) is 9.69 Å². The van der Waals surface area contributed by atoms with Gasteiger partial charge in [0.15, 0.2) is 5.13 Å². The number of ether oxygens (including phenoxy) is 1. The second kappa shape index (κ2) is 10.3. The van der Waals surface area contributed by atoms with Crippen molar-refractivity contribution in [1.82, 2.24) is 20.2 Å². The Morgan fingerprint density at radius 2 is 1.94 bits per heavy atom. The molecule has 2 unspecified atom stereocenters. The summed E-state index contributed by atoms with van der Waals surface area (Å²) in [6.07, 6.45) is 0.308. The molecule has 0 saturated carbocycles. The third-order valence-corrected chi connectivity index (χ3v) is 6.47. The topological polar surface area (TPSA) is 99.5 Å². The zero-order valence-electron chi connectivity index (χ0n) is 20.2. The van der Waals surface area contributed by atoms with Crippen molar-refractivity contribution in [1.29, 1.82) is 0 Å². The van der Waals surface area contributed by atoms with Gasteiger partial charge in [0.2, 0.25) is 5.91 Å². The van der Waals surface area contributed by atoms with Crippen LogP contribution in [0.2, 0.25) is 5.02 Å². The standard InChI is InChI=1S/C24H29ClN6O3S/c1-24(2,3)34-23(33)26-12-5-13-31-14-18(31)20(32)29-22-27-17-10-11-19(28-21(17)35-22)30(4)16-8-6-15(25)7-9-16/h6-11,18H,5,12-14H2,1-4H3,(H,26,33)(H,27,29,32). The molecule has 0 radical (unpaired) electrons. The number of halogens is 1. The molecule has 11 heteroatoms. The lowest BCUT2D eigenvalue weighted by Gasteiger charge is -2.19. The molecule has 3 aromatic rings. The van der Waals surface area contributed by atoms with Crippen LogP contribution in [0, 0.1) is 0 Å². The first kappa shape index (κ1) is 25.2. The lowest BCUT2D eigenvalue weighted by Crippen LogP contribution is -2.33. The number of aromatic nitrogens is 2. The minimum Gasteiger partial charge on any atom is -0.444 e. The van der Waals surface area contributed by atoms with Crippen molar-refractivity contribution < 1.29 is 14.3 Å². The van der Waals surface area contributed by atoms with Crippen LogP contribution in [0.3, 0.4) is 0 Å². The second-order valence-electron chi connectivity index (χ2n) is 9.33. The number of carbonyl (C=O) groups is 2. The second-order valence-corrected chi connectivity index (χ2v) is 10.7. The van der Waals surface area contributed by atoms with Crippen molar-refractivity contribution >= 4 is 61.9 Å². The van der Waals surface area contributed by atoms with E-state index in [1.54, 1.807) is 0 Å². The largest absolute Gasteiger partial charge is 0.444 e. The first-order valence-electron chi connectivity index (χ1n) is 11.4. The number of benzene rings is 1. The van der Waals surface area contributed by atoms with Gasteiger partial charge in [0.25, 0.3) is 0 Å². The molecule has 2 atom stereocenters. The normalized spacial score (nSPS) is 17.2.